The van der Waals surface area contributed by atoms with Crippen molar-refractivity contribution in [2.24, 2.45) is 16.1 Å². The fourth-order valence-corrected chi connectivity index (χ4v) is 3.80. The smallest absolute Gasteiger partial charge is 0.228 e. The molecule has 5 heteroatoms. The van der Waals surface area contributed by atoms with Gasteiger partial charge >= 0.3 is 0 Å². The summed E-state index contributed by atoms with van der Waals surface area (Å²) in [5, 5.41) is 0. The zero-order chi connectivity index (χ0) is 11.9. The van der Waals surface area contributed by atoms with Gasteiger partial charge in [0, 0.05) is 11.9 Å². The molecule has 2 N–H and O–H groups in total. The lowest BCUT2D eigenvalue weighted by atomic mass is 9.83. The molecular weight excluding hydrogens is 211 g/mol. The van der Waals surface area contributed by atoms with E-state index in [-0.39, 0.29) is 0 Å². The van der Waals surface area contributed by atoms with Crippen LogP contribution in [-0.4, -0.2) is 31.1 Å². The van der Waals surface area contributed by atoms with Crippen LogP contribution in [0.5, 0.6) is 0 Å². The van der Waals surface area contributed by atoms with Crippen LogP contribution in [0.3, 0.4) is 0 Å². The van der Waals surface area contributed by atoms with E-state index in [9.17, 15) is 9.36 Å². The molecule has 0 saturated carbocycles. The van der Waals surface area contributed by atoms with Gasteiger partial charge in [0.25, 0.3) is 0 Å². The normalized spacial score (nSPS) is 31.2. The number of aliphatic imine (C=N–C) groups is 1. The first kappa shape index (κ1) is 12.2. The Labute approximate surface area is 90.0 Å². The maximum atomic E-state index is 12.1. The third kappa shape index (κ3) is 2.20. The molecule has 1 heterocycles. The molecule has 0 aliphatic carbocycles. The van der Waals surface area contributed by atoms with Gasteiger partial charge in [-0.15, -0.1) is 0 Å². The number of rotatable bonds is 2. The van der Waals surface area contributed by atoms with E-state index in [0.29, 0.717) is 0 Å². The monoisotopic (exact) mass is 228 g/mol. The Morgan fingerprint density at radius 1 is 1.60 bits per heavy atom. The van der Waals surface area contributed by atoms with Crippen molar-refractivity contribution in [3.05, 3.63) is 11.8 Å². The van der Waals surface area contributed by atoms with Gasteiger partial charge in [-0.25, -0.2) is 0 Å². The fraction of sp³-hybridized carbons (Fsp3) is 0.600. The average molecular weight is 228 g/mol. The van der Waals surface area contributed by atoms with E-state index >= 15 is 0 Å². The summed E-state index contributed by atoms with van der Waals surface area (Å²) >= 11 is 0. The SMILES string of the molecule is CC1=CC(C)(C(N)=O)C(P(C)(C)=O)C=N1. The van der Waals surface area contributed by atoms with Gasteiger partial charge in [-0.05, 0) is 33.3 Å². The second kappa shape index (κ2) is 3.60. The van der Waals surface area contributed by atoms with Crippen LogP contribution in [0.4, 0.5) is 0 Å². The molecule has 4 nitrogen and oxygen atoms in total. The summed E-state index contributed by atoms with van der Waals surface area (Å²) in [7, 11) is -2.44. The van der Waals surface area contributed by atoms with Crippen LogP contribution in [-0.2, 0) is 9.36 Å². The highest BCUT2D eigenvalue weighted by atomic mass is 31.2. The topological polar surface area (TPSA) is 72.5 Å². The fourth-order valence-electron chi connectivity index (χ4n) is 1.92. The molecule has 2 unspecified atom stereocenters. The van der Waals surface area contributed by atoms with Crippen molar-refractivity contribution in [3.8, 4) is 0 Å². The molecule has 1 aliphatic rings. The van der Waals surface area contributed by atoms with Crippen LogP contribution < -0.4 is 5.73 Å². The molecule has 1 aliphatic heterocycles. The number of carbonyl (C=O) groups excluding carboxylic acids is 1. The molecule has 15 heavy (non-hydrogen) atoms. The van der Waals surface area contributed by atoms with Crippen LogP contribution in [0.1, 0.15) is 13.8 Å². The summed E-state index contributed by atoms with van der Waals surface area (Å²) in [6.45, 7) is 6.82. The molecule has 0 aromatic carbocycles. The van der Waals surface area contributed by atoms with E-state index in [1.165, 1.54) is 0 Å². The van der Waals surface area contributed by atoms with Crippen LogP contribution in [0.25, 0.3) is 0 Å². The van der Waals surface area contributed by atoms with Gasteiger partial charge in [0.15, 0.2) is 0 Å². The third-order valence-corrected chi connectivity index (χ3v) is 4.75. The average Bonchev–Trinajstić information content (AvgIpc) is 2.00. The summed E-state index contributed by atoms with van der Waals surface area (Å²) in [5.74, 6) is -0.457. The van der Waals surface area contributed by atoms with Crippen molar-refractivity contribution in [3.63, 3.8) is 0 Å². The number of hydrogen-bond acceptors (Lipinski definition) is 3. The van der Waals surface area contributed by atoms with Crippen molar-refractivity contribution in [2.45, 2.75) is 19.5 Å². The van der Waals surface area contributed by atoms with E-state index in [1.807, 2.05) is 0 Å². The molecule has 0 aromatic heterocycles. The molecule has 84 valence electrons. The summed E-state index contributed by atoms with van der Waals surface area (Å²) in [6.07, 6.45) is 3.31. The Hall–Kier alpha value is -0.890. The Morgan fingerprint density at radius 3 is 2.53 bits per heavy atom. The van der Waals surface area contributed by atoms with Gasteiger partial charge in [0.2, 0.25) is 5.91 Å². The molecule has 0 aromatic rings. The van der Waals surface area contributed by atoms with Crippen molar-refractivity contribution in [1.82, 2.24) is 0 Å². The van der Waals surface area contributed by atoms with Gasteiger partial charge in [-0.1, -0.05) is 0 Å². The van der Waals surface area contributed by atoms with E-state index < -0.39 is 24.1 Å². The summed E-state index contributed by atoms with van der Waals surface area (Å²) in [5.41, 5.74) is 4.84. The Kier molecular flexibility index (Phi) is 2.92. The predicted octanol–water partition coefficient (Wildman–Crippen LogP) is 1.46. The van der Waals surface area contributed by atoms with E-state index in [4.69, 9.17) is 5.73 Å². The lowest BCUT2D eigenvalue weighted by molar-refractivity contribution is -0.124. The summed E-state index contributed by atoms with van der Waals surface area (Å²) in [6, 6.07) is 0. The van der Waals surface area contributed by atoms with Gasteiger partial charge in [-0.2, -0.15) is 0 Å². The zero-order valence-corrected chi connectivity index (χ0v) is 10.4. The lowest BCUT2D eigenvalue weighted by Gasteiger charge is -2.34. The second-order valence-corrected chi connectivity index (χ2v) is 8.01. The number of nitrogens with two attached hydrogens (primary N) is 1. The highest BCUT2D eigenvalue weighted by Gasteiger charge is 2.44. The molecular formula is C10H17N2O2P. The summed E-state index contributed by atoms with van der Waals surface area (Å²) in [4.78, 5) is 15.6. The van der Waals surface area contributed by atoms with Gasteiger partial charge in [-0.3, -0.25) is 9.79 Å². The minimum absolute atomic E-state index is 0.397. The molecule has 0 fully saturated rings. The van der Waals surface area contributed by atoms with Crippen molar-refractivity contribution >= 4 is 19.3 Å². The molecule has 0 radical (unpaired) electrons. The number of carbonyl (C=O) groups is 1. The van der Waals surface area contributed by atoms with E-state index in [0.717, 1.165) is 5.70 Å². The largest absolute Gasteiger partial charge is 0.369 e. The third-order valence-electron chi connectivity index (χ3n) is 2.74. The first-order chi connectivity index (χ1) is 6.68. The van der Waals surface area contributed by atoms with Crippen LogP contribution in [0.2, 0.25) is 0 Å². The van der Waals surface area contributed by atoms with Crippen LogP contribution in [0, 0.1) is 5.41 Å². The van der Waals surface area contributed by atoms with Crippen molar-refractivity contribution < 1.29 is 9.36 Å². The molecule has 0 bridgehead atoms. The second-order valence-electron chi connectivity index (χ2n) is 4.59. The zero-order valence-electron chi connectivity index (χ0n) is 9.52. The highest BCUT2D eigenvalue weighted by Crippen LogP contribution is 2.51. The lowest BCUT2D eigenvalue weighted by Crippen LogP contribution is -2.44. The number of nitrogens with zero attached hydrogens (tertiary/aromatic N) is 1. The Balaban J connectivity index is 3.26. The van der Waals surface area contributed by atoms with Gasteiger partial charge in [0.05, 0.1) is 18.2 Å². The van der Waals surface area contributed by atoms with Crippen LogP contribution in [0.15, 0.2) is 16.8 Å². The Morgan fingerprint density at radius 2 is 2.13 bits per heavy atom. The predicted molar refractivity (Wildman–Crippen MR) is 62.8 cm³/mol. The maximum absolute atomic E-state index is 12.1. The van der Waals surface area contributed by atoms with Crippen molar-refractivity contribution in [1.29, 1.82) is 0 Å². The number of hydrogen-bond donors (Lipinski definition) is 1. The summed E-state index contributed by atoms with van der Waals surface area (Å²) < 4.78 is 12.1. The first-order valence-corrected chi connectivity index (χ1v) is 7.43. The minimum Gasteiger partial charge on any atom is -0.369 e. The first-order valence-electron chi connectivity index (χ1n) is 4.76. The minimum atomic E-state index is -2.44. The van der Waals surface area contributed by atoms with Gasteiger partial charge < -0.3 is 10.3 Å². The van der Waals surface area contributed by atoms with Crippen LogP contribution >= 0.6 is 7.14 Å². The number of allylic oxidation sites excluding steroid dienone is 1. The standard InChI is InChI=1S/C10H17N2O2P/c1-7-5-10(2,9(11)13)8(6-12-7)15(3,4)14/h5-6,8H,1-4H3,(H2,11,13). The molecule has 0 saturated heterocycles. The van der Waals surface area contributed by atoms with Gasteiger partial charge in [0.1, 0.15) is 0 Å². The van der Waals surface area contributed by atoms with Crippen molar-refractivity contribution in [2.75, 3.05) is 13.3 Å². The van der Waals surface area contributed by atoms with E-state index in [1.54, 1.807) is 39.5 Å². The van der Waals surface area contributed by atoms with E-state index in [2.05, 4.69) is 4.99 Å². The number of amides is 1. The molecule has 1 amide bonds. The highest BCUT2D eigenvalue weighted by molar-refractivity contribution is 7.64. The maximum Gasteiger partial charge on any atom is 0.228 e. The molecule has 1 rings (SSSR count). The Bertz CT molecular complexity index is 394. The molecule has 2 atom stereocenters. The number of primary amides is 1. The molecule has 0 spiro atoms. The quantitative estimate of drug-likeness (QED) is 0.726.